The molecule has 0 aromatic heterocycles. The third kappa shape index (κ3) is 14.6. The van der Waals surface area contributed by atoms with Crippen molar-refractivity contribution < 1.29 is 63.0 Å². The van der Waals surface area contributed by atoms with Gasteiger partial charge in [-0.2, -0.15) is 0 Å². The summed E-state index contributed by atoms with van der Waals surface area (Å²) in [5, 5.41) is 33.9. The van der Waals surface area contributed by atoms with Gasteiger partial charge in [0, 0.05) is 58.5 Å². The number of esters is 1. The van der Waals surface area contributed by atoms with Crippen molar-refractivity contribution in [2.45, 2.75) is 206 Å². The zero-order valence-corrected chi connectivity index (χ0v) is 41.1. The predicted molar refractivity (Wildman–Crippen MR) is 245 cm³/mol. The molecule has 3 aliphatic heterocycles. The van der Waals surface area contributed by atoms with E-state index >= 15 is 0 Å². The Morgan fingerprint density at radius 2 is 1.54 bits per heavy atom. The maximum Gasteiger partial charge on any atom is 0.329 e. The van der Waals surface area contributed by atoms with E-state index in [2.05, 4.69) is 13.0 Å². The van der Waals surface area contributed by atoms with Crippen LogP contribution in [0.3, 0.4) is 0 Å². The molecule has 14 heteroatoms. The van der Waals surface area contributed by atoms with Gasteiger partial charge >= 0.3 is 5.97 Å². The van der Waals surface area contributed by atoms with Crippen molar-refractivity contribution in [3.8, 4) is 0 Å². The second-order valence-corrected chi connectivity index (χ2v) is 20.3. The largest absolute Gasteiger partial charge is 0.460 e. The minimum absolute atomic E-state index is 0.0992. The van der Waals surface area contributed by atoms with Crippen LogP contribution in [-0.4, -0.2) is 132 Å². The van der Waals surface area contributed by atoms with Crippen LogP contribution in [0.1, 0.15) is 151 Å². The van der Waals surface area contributed by atoms with Crippen LogP contribution in [0, 0.1) is 35.5 Å². The summed E-state index contributed by atoms with van der Waals surface area (Å²) in [5.41, 5.74) is 1.41. The molecule has 0 aromatic rings. The number of piperidine rings is 1. The van der Waals surface area contributed by atoms with Crippen LogP contribution in [-0.2, 0) is 47.7 Å². The number of carbonyl (C=O) groups excluding carboxylic acids is 5. The van der Waals surface area contributed by atoms with E-state index in [-0.39, 0.29) is 66.8 Å². The molecule has 2 saturated heterocycles. The second-order valence-electron chi connectivity index (χ2n) is 20.3. The maximum atomic E-state index is 14.4. The molecule has 4 aliphatic rings. The van der Waals surface area contributed by atoms with Crippen LogP contribution in [0.5, 0.6) is 0 Å². The SMILES string of the molecule is CO[C@H]1C[C@@H]2CC[C@@H](C)[C@@](O)(O2)C(=O)C(=O)N2CCCC[C@H]2C(=O)O[C@H]([C@H](C)C[C@@H]2CC[C@@H](O)[C@H](OC)C2)CC(=O)[C@H](C)/C=C(/C)[C@@H](O)[C@@H](OC)C(=O)[C@H](C)C[C@H](C)CCCCC=C1C. The van der Waals surface area contributed by atoms with Gasteiger partial charge in [0.15, 0.2) is 5.78 Å². The van der Waals surface area contributed by atoms with Gasteiger partial charge in [-0.05, 0) is 120 Å². The number of amides is 1. The topological polar surface area (TPSA) is 195 Å². The lowest BCUT2D eigenvalue weighted by Gasteiger charge is -2.42. The van der Waals surface area contributed by atoms with Crippen molar-refractivity contribution in [3.63, 3.8) is 0 Å². The number of cyclic esters (lactones) is 1. The van der Waals surface area contributed by atoms with Crippen molar-refractivity contribution in [3.05, 3.63) is 23.3 Å². The molecule has 65 heavy (non-hydrogen) atoms. The van der Waals surface area contributed by atoms with Crippen LogP contribution in [0.25, 0.3) is 0 Å². The van der Waals surface area contributed by atoms with Gasteiger partial charge in [0.1, 0.15) is 30.1 Å². The number of rotatable bonds is 6. The van der Waals surface area contributed by atoms with Crippen LogP contribution >= 0.6 is 0 Å². The third-order valence-electron chi connectivity index (χ3n) is 15.1. The molecule has 3 heterocycles. The summed E-state index contributed by atoms with van der Waals surface area (Å²) < 4.78 is 29.5. The summed E-state index contributed by atoms with van der Waals surface area (Å²) in [6, 6.07) is -1.13. The van der Waals surface area contributed by atoms with E-state index in [0.717, 1.165) is 37.7 Å². The summed E-state index contributed by atoms with van der Waals surface area (Å²) in [7, 11) is 4.59. The van der Waals surface area contributed by atoms with Gasteiger partial charge in [0.25, 0.3) is 11.7 Å². The van der Waals surface area contributed by atoms with E-state index in [1.54, 1.807) is 41.1 Å². The van der Waals surface area contributed by atoms with E-state index in [4.69, 9.17) is 23.7 Å². The highest BCUT2D eigenvalue weighted by Gasteiger charge is 2.53. The van der Waals surface area contributed by atoms with Crippen LogP contribution < -0.4 is 0 Å². The fourth-order valence-electron chi connectivity index (χ4n) is 10.7. The van der Waals surface area contributed by atoms with Gasteiger partial charge in [-0.1, -0.05) is 59.6 Å². The lowest BCUT2D eigenvalue weighted by atomic mass is 9.78. The highest BCUT2D eigenvalue weighted by molar-refractivity contribution is 6.39. The van der Waals surface area contributed by atoms with Crippen LogP contribution in [0.4, 0.5) is 0 Å². The van der Waals surface area contributed by atoms with Crippen LogP contribution in [0.2, 0.25) is 0 Å². The smallest absolute Gasteiger partial charge is 0.329 e. The number of carbonyl (C=O) groups is 5. The Kier molecular flexibility index (Phi) is 21.5. The number of nitrogens with zero attached hydrogens (tertiary/aromatic N) is 1. The van der Waals surface area contributed by atoms with Gasteiger partial charge in [-0.3, -0.25) is 19.2 Å². The van der Waals surface area contributed by atoms with Gasteiger partial charge in [-0.15, -0.1) is 0 Å². The number of aliphatic hydroxyl groups excluding tert-OH is 2. The van der Waals surface area contributed by atoms with Crippen LogP contribution in [0.15, 0.2) is 23.3 Å². The minimum atomic E-state index is -2.40. The van der Waals surface area contributed by atoms with Crippen molar-refractivity contribution in [2.75, 3.05) is 27.9 Å². The Hall–Kier alpha value is -2.85. The Morgan fingerprint density at radius 1 is 0.831 bits per heavy atom. The van der Waals surface area contributed by atoms with Gasteiger partial charge in [-0.25, -0.2) is 4.79 Å². The molecule has 0 spiro atoms. The summed E-state index contributed by atoms with van der Waals surface area (Å²) in [5.74, 6) is -7.47. The molecular weight excluding hydrogens is 835 g/mol. The fourth-order valence-corrected chi connectivity index (χ4v) is 10.7. The average Bonchev–Trinajstić information content (AvgIpc) is 3.28. The molecule has 3 fully saturated rings. The fraction of sp³-hybridized carbons (Fsp3) is 0.824. The Morgan fingerprint density at radius 3 is 2.22 bits per heavy atom. The normalized spacial score (nSPS) is 39.1. The summed E-state index contributed by atoms with van der Waals surface area (Å²) in [6.45, 7) is 13.1. The Balaban J connectivity index is 1.67. The summed E-state index contributed by atoms with van der Waals surface area (Å²) >= 11 is 0. The van der Waals surface area contributed by atoms with E-state index in [1.165, 1.54) is 12.0 Å². The lowest BCUT2D eigenvalue weighted by Crippen LogP contribution is -2.61. The first kappa shape index (κ1) is 54.8. The zero-order valence-electron chi connectivity index (χ0n) is 41.1. The van der Waals surface area contributed by atoms with Gasteiger partial charge < -0.3 is 43.9 Å². The molecule has 0 radical (unpaired) electrons. The Labute approximate surface area is 388 Å². The number of fused-ring (bicyclic) bond motifs is 3. The first-order valence-corrected chi connectivity index (χ1v) is 24.6. The predicted octanol–water partition coefficient (Wildman–Crippen LogP) is 6.63. The standard InChI is InChI=1S/C51H83NO13/c1-30-16-12-11-13-17-31(2)42(61-8)28-38-21-19-36(7)51(60,65-38)48(57)49(58)52-23-15-14-18-39(52)50(59)64-43(33(4)26-37-20-22-40(53)44(27-37)62-9)29-41(54)32(3)25-35(6)46(56)47(63-10)45(55)34(5)24-30/h17,25,30,32-34,36-40,42-44,46-47,53,56,60H,11-16,18-24,26-29H2,1-10H3/b31-17?,35-25-/t30-,32-,33-,34-,36-,37+,38+,39+,40-,42+,43+,44-,46-,47+,51-/m1/s1. The van der Waals surface area contributed by atoms with Gasteiger partial charge in [0.05, 0.1) is 24.4 Å². The molecule has 370 valence electrons. The first-order valence-electron chi connectivity index (χ1n) is 24.6. The van der Waals surface area contributed by atoms with Crippen molar-refractivity contribution in [1.82, 2.24) is 4.90 Å². The highest BCUT2D eigenvalue weighted by Crippen LogP contribution is 2.38. The third-order valence-corrected chi connectivity index (χ3v) is 15.1. The minimum Gasteiger partial charge on any atom is -0.460 e. The lowest BCUT2D eigenvalue weighted by molar-refractivity contribution is -0.265. The number of ketones is 3. The summed E-state index contributed by atoms with van der Waals surface area (Å²) in [4.78, 5) is 71.9. The molecule has 0 unspecified atom stereocenters. The van der Waals surface area contributed by atoms with E-state index in [1.807, 2.05) is 20.8 Å². The number of methoxy groups -OCH3 is 3. The summed E-state index contributed by atoms with van der Waals surface area (Å²) in [6.07, 6.45) is 7.89. The molecule has 1 aliphatic carbocycles. The molecule has 3 N–H and O–H groups in total. The number of aliphatic hydroxyl groups is 3. The number of hydrogen-bond acceptors (Lipinski definition) is 13. The molecule has 0 aromatic carbocycles. The molecule has 4 rings (SSSR count). The monoisotopic (exact) mass is 918 g/mol. The molecule has 1 amide bonds. The molecule has 14 nitrogen and oxygen atoms in total. The number of Topliss-reactive ketones (excluding diaryl/α,β-unsaturated/α-hetero) is 3. The number of hydrogen-bond donors (Lipinski definition) is 3. The van der Waals surface area contributed by atoms with E-state index < -0.39 is 71.8 Å². The number of ether oxygens (including phenoxy) is 5. The van der Waals surface area contributed by atoms with Gasteiger partial charge in [0.2, 0.25) is 5.79 Å². The molecule has 15 atom stereocenters. The second kappa shape index (κ2) is 25.5. The highest BCUT2D eigenvalue weighted by atomic mass is 16.6. The van der Waals surface area contributed by atoms with Crippen molar-refractivity contribution >= 4 is 29.2 Å². The quantitative estimate of drug-likeness (QED) is 0.146. The van der Waals surface area contributed by atoms with E-state index in [9.17, 15) is 39.3 Å². The number of allylic oxidation sites excluding steroid dienone is 2. The maximum absolute atomic E-state index is 14.4. The molecular formula is C51H83NO13. The van der Waals surface area contributed by atoms with Crippen molar-refractivity contribution in [2.24, 2.45) is 35.5 Å². The van der Waals surface area contributed by atoms with Crippen molar-refractivity contribution in [1.29, 1.82) is 0 Å². The molecule has 2 bridgehead atoms. The first-order chi connectivity index (χ1) is 30.7. The Bertz CT molecular complexity index is 1660. The van der Waals surface area contributed by atoms with E-state index in [0.29, 0.717) is 63.4 Å². The molecule has 1 saturated carbocycles. The average molecular weight is 918 g/mol. The zero-order chi connectivity index (χ0) is 48.2.